The summed E-state index contributed by atoms with van der Waals surface area (Å²) in [5, 5.41) is 9.36. The van der Waals surface area contributed by atoms with Gasteiger partial charge >= 0.3 is 12.1 Å². The van der Waals surface area contributed by atoms with Crippen molar-refractivity contribution >= 4 is 5.97 Å². The molecule has 0 aromatic heterocycles. The molecule has 0 heterocycles. The Balaban J connectivity index is 2.54. The summed E-state index contributed by atoms with van der Waals surface area (Å²) in [6.07, 6.45) is -1.64. The van der Waals surface area contributed by atoms with E-state index in [0.29, 0.717) is 18.4 Å². The van der Waals surface area contributed by atoms with Gasteiger partial charge in [-0.2, -0.15) is 13.2 Å². The molecular formula is C16H17F3O2. The van der Waals surface area contributed by atoms with Crippen LogP contribution in [0.2, 0.25) is 0 Å². The number of hydrogen-bond acceptors (Lipinski definition) is 1. The molecule has 0 radical (unpaired) electrons. The van der Waals surface area contributed by atoms with E-state index in [0.717, 1.165) is 12.1 Å². The van der Waals surface area contributed by atoms with E-state index in [1.54, 1.807) is 19.1 Å². The number of rotatable bonds is 2. The van der Waals surface area contributed by atoms with Gasteiger partial charge in [0, 0.05) is 11.0 Å². The predicted octanol–water partition coefficient (Wildman–Crippen LogP) is 4.40. The molecule has 0 fully saturated rings. The van der Waals surface area contributed by atoms with E-state index in [1.807, 2.05) is 6.92 Å². The molecule has 5 heteroatoms. The Morgan fingerprint density at radius 2 is 2.05 bits per heavy atom. The Hall–Kier alpha value is -1.78. The molecule has 114 valence electrons. The van der Waals surface area contributed by atoms with Gasteiger partial charge in [0.1, 0.15) is 0 Å². The molecular weight excluding hydrogens is 281 g/mol. The third kappa shape index (κ3) is 2.96. The zero-order valence-corrected chi connectivity index (χ0v) is 11.9. The number of benzene rings is 1. The Morgan fingerprint density at radius 1 is 1.38 bits per heavy atom. The second-order valence-electron chi connectivity index (χ2n) is 5.88. The van der Waals surface area contributed by atoms with Crippen LogP contribution in [0.4, 0.5) is 13.2 Å². The Kier molecular flexibility index (Phi) is 3.87. The average Bonchev–Trinajstić information content (AvgIpc) is 2.37. The van der Waals surface area contributed by atoms with E-state index in [-0.39, 0.29) is 11.5 Å². The summed E-state index contributed by atoms with van der Waals surface area (Å²) in [6.45, 7) is 3.68. The topological polar surface area (TPSA) is 37.3 Å². The molecule has 0 saturated carbocycles. The predicted molar refractivity (Wildman–Crippen MR) is 72.9 cm³/mol. The maximum atomic E-state index is 12.9. The highest BCUT2D eigenvalue weighted by Crippen LogP contribution is 2.44. The van der Waals surface area contributed by atoms with Crippen LogP contribution in [-0.2, 0) is 16.4 Å². The summed E-state index contributed by atoms with van der Waals surface area (Å²) in [5.41, 5.74) is -1.06. The number of carbonyl (C=O) groups is 1. The van der Waals surface area contributed by atoms with Crippen LogP contribution in [0.25, 0.3) is 0 Å². The minimum absolute atomic E-state index is 0.180. The first-order valence-electron chi connectivity index (χ1n) is 6.76. The molecule has 1 aromatic carbocycles. The first kappa shape index (κ1) is 15.6. The summed E-state index contributed by atoms with van der Waals surface area (Å²) < 4.78 is 38.6. The number of allylic oxidation sites excluding steroid dienone is 1. The van der Waals surface area contributed by atoms with Gasteiger partial charge in [-0.05, 0) is 30.4 Å². The molecule has 0 amide bonds. The highest BCUT2D eigenvalue weighted by atomic mass is 19.4. The molecule has 2 rings (SSSR count). The van der Waals surface area contributed by atoms with Crippen molar-refractivity contribution in [2.24, 2.45) is 5.92 Å². The van der Waals surface area contributed by atoms with Gasteiger partial charge in [-0.25, -0.2) is 4.79 Å². The van der Waals surface area contributed by atoms with Gasteiger partial charge in [-0.3, -0.25) is 0 Å². The molecule has 2 atom stereocenters. The van der Waals surface area contributed by atoms with Gasteiger partial charge in [-0.1, -0.05) is 38.1 Å². The molecule has 0 unspecified atom stereocenters. The van der Waals surface area contributed by atoms with E-state index in [9.17, 15) is 23.1 Å². The fraction of sp³-hybridized carbons (Fsp3) is 0.438. The molecule has 21 heavy (non-hydrogen) atoms. The largest absolute Gasteiger partial charge is 0.478 e. The number of halogens is 3. The molecule has 0 saturated heterocycles. The minimum atomic E-state index is -4.43. The van der Waals surface area contributed by atoms with Crippen molar-refractivity contribution in [2.75, 3.05) is 0 Å². The molecule has 2 nitrogen and oxygen atoms in total. The van der Waals surface area contributed by atoms with Gasteiger partial charge in [0.25, 0.3) is 0 Å². The van der Waals surface area contributed by atoms with Crippen LogP contribution in [0.5, 0.6) is 0 Å². The maximum Gasteiger partial charge on any atom is 0.416 e. The third-order valence-corrected chi connectivity index (χ3v) is 4.13. The fourth-order valence-corrected chi connectivity index (χ4v) is 3.07. The van der Waals surface area contributed by atoms with Gasteiger partial charge in [-0.15, -0.1) is 0 Å². The highest BCUT2D eigenvalue weighted by Gasteiger charge is 2.40. The fourth-order valence-electron chi connectivity index (χ4n) is 3.07. The van der Waals surface area contributed by atoms with Crippen LogP contribution < -0.4 is 0 Å². The van der Waals surface area contributed by atoms with Crippen molar-refractivity contribution in [2.45, 2.75) is 38.3 Å². The molecule has 1 aromatic rings. The van der Waals surface area contributed by atoms with E-state index >= 15 is 0 Å². The molecule has 1 N–H and O–H groups in total. The van der Waals surface area contributed by atoms with E-state index in [2.05, 4.69) is 0 Å². The van der Waals surface area contributed by atoms with Crippen molar-refractivity contribution in [1.29, 1.82) is 0 Å². The first-order valence-corrected chi connectivity index (χ1v) is 6.76. The Morgan fingerprint density at radius 3 is 2.62 bits per heavy atom. The lowest BCUT2D eigenvalue weighted by Gasteiger charge is -2.37. The van der Waals surface area contributed by atoms with Crippen molar-refractivity contribution in [3.05, 3.63) is 47.0 Å². The van der Waals surface area contributed by atoms with Gasteiger partial charge in [0.2, 0.25) is 0 Å². The third-order valence-electron chi connectivity index (χ3n) is 4.13. The van der Waals surface area contributed by atoms with Crippen LogP contribution in [-0.4, -0.2) is 11.1 Å². The van der Waals surface area contributed by atoms with Crippen LogP contribution >= 0.6 is 0 Å². The lowest BCUT2D eigenvalue weighted by atomic mass is 9.66. The molecule has 1 aliphatic carbocycles. The van der Waals surface area contributed by atoms with Gasteiger partial charge in [0.15, 0.2) is 0 Å². The zero-order valence-electron chi connectivity index (χ0n) is 11.9. The smallest absolute Gasteiger partial charge is 0.416 e. The summed E-state index contributed by atoms with van der Waals surface area (Å²) in [6, 6.07) is 4.98. The van der Waals surface area contributed by atoms with Crippen molar-refractivity contribution in [3.63, 3.8) is 0 Å². The standard InChI is InChI=1S/C16H17F3O2/c1-10-6-7-13(14(20)21)15(2,9-10)11-4-3-5-12(8-11)16(17,18)19/h3-5,7-8,10H,6,9H2,1-2H3,(H,20,21)/t10-,15-/m0/s1. The van der Waals surface area contributed by atoms with Crippen LogP contribution in [0.1, 0.15) is 37.8 Å². The summed E-state index contributed by atoms with van der Waals surface area (Å²) in [4.78, 5) is 11.4. The SMILES string of the molecule is C[C@H]1CC=C(C(=O)O)[C@](C)(c2cccc(C(F)(F)F)c2)C1. The zero-order chi connectivity index (χ0) is 15.8. The van der Waals surface area contributed by atoms with Crippen molar-refractivity contribution in [3.8, 4) is 0 Å². The van der Waals surface area contributed by atoms with Crippen molar-refractivity contribution < 1.29 is 23.1 Å². The average molecular weight is 298 g/mol. The summed E-state index contributed by atoms with van der Waals surface area (Å²) in [7, 11) is 0. The number of carboxylic acids is 1. The normalized spacial score (nSPS) is 26.3. The van der Waals surface area contributed by atoms with Gasteiger partial charge < -0.3 is 5.11 Å². The molecule has 0 spiro atoms. The van der Waals surface area contributed by atoms with E-state index in [4.69, 9.17) is 0 Å². The Bertz CT molecular complexity index is 589. The molecule has 0 bridgehead atoms. The lowest BCUT2D eigenvalue weighted by Crippen LogP contribution is -2.34. The number of aliphatic carboxylic acids is 1. The van der Waals surface area contributed by atoms with Crippen LogP contribution in [0.15, 0.2) is 35.9 Å². The quantitative estimate of drug-likeness (QED) is 0.878. The van der Waals surface area contributed by atoms with Crippen LogP contribution in [0.3, 0.4) is 0 Å². The lowest BCUT2D eigenvalue weighted by molar-refractivity contribution is -0.137. The van der Waals surface area contributed by atoms with E-state index in [1.165, 1.54) is 6.07 Å². The summed E-state index contributed by atoms with van der Waals surface area (Å²) in [5.74, 6) is -0.838. The second kappa shape index (κ2) is 5.20. The summed E-state index contributed by atoms with van der Waals surface area (Å²) >= 11 is 0. The minimum Gasteiger partial charge on any atom is -0.478 e. The second-order valence-corrected chi connectivity index (χ2v) is 5.88. The maximum absolute atomic E-state index is 12.9. The van der Waals surface area contributed by atoms with Crippen LogP contribution in [0, 0.1) is 5.92 Å². The monoisotopic (exact) mass is 298 g/mol. The number of carboxylic acid groups (broad SMARTS) is 1. The molecule has 1 aliphatic rings. The van der Waals surface area contributed by atoms with Crippen molar-refractivity contribution in [1.82, 2.24) is 0 Å². The highest BCUT2D eigenvalue weighted by molar-refractivity contribution is 5.90. The number of alkyl halides is 3. The van der Waals surface area contributed by atoms with Gasteiger partial charge in [0.05, 0.1) is 5.56 Å². The Labute approximate surface area is 121 Å². The van der Waals surface area contributed by atoms with E-state index < -0.39 is 23.1 Å². The molecule has 0 aliphatic heterocycles. The number of hydrogen-bond donors (Lipinski definition) is 1. The first-order chi connectivity index (χ1) is 9.64.